The summed E-state index contributed by atoms with van der Waals surface area (Å²) in [4.78, 5) is 0. The van der Waals surface area contributed by atoms with Gasteiger partial charge in [0.25, 0.3) is 0 Å². The van der Waals surface area contributed by atoms with E-state index >= 15 is 0 Å². The Hall–Kier alpha value is -0.0800. The summed E-state index contributed by atoms with van der Waals surface area (Å²) in [6.45, 7) is 5.46. The van der Waals surface area contributed by atoms with Gasteiger partial charge in [-0.1, -0.05) is 39.0 Å². The summed E-state index contributed by atoms with van der Waals surface area (Å²) >= 11 is 0. The maximum Gasteiger partial charge on any atom is 0.0110 e. The van der Waals surface area contributed by atoms with Crippen LogP contribution in [0.3, 0.4) is 0 Å². The van der Waals surface area contributed by atoms with Crippen molar-refractivity contribution in [3.63, 3.8) is 0 Å². The number of hydrogen-bond donors (Lipinski definition) is 2. The van der Waals surface area contributed by atoms with E-state index in [1.165, 1.54) is 51.4 Å². The van der Waals surface area contributed by atoms with Crippen molar-refractivity contribution in [2.75, 3.05) is 6.54 Å². The molecule has 3 atom stereocenters. The van der Waals surface area contributed by atoms with Crippen LogP contribution >= 0.6 is 0 Å². The molecule has 0 radical (unpaired) electrons. The van der Waals surface area contributed by atoms with Crippen LogP contribution in [0.25, 0.3) is 0 Å². The van der Waals surface area contributed by atoms with Crippen molar-refractivity contribution in [2.24, 2.45) is 11.7 Å². The molecule has 3 N–H and O–H groups in total. The Labute approximate surface area is 101 Å². The third-order valence-corrected chi connectivity index (χ3v) is 3.95. The quantitative estimate of drug-likeness (QED) is 0.624. The van der Waals surface area contributed by atoms with Gasteiger partial charge < -0.3 is 11.1 Å². The van der Waals surface area contributed by atoms with Crippen molar-refractivity contribution in [2.45, 2.75) is 77.3 Å². The summed E-state index contributed by atoms with van der Waals surface area (Å²) in [6.07, 6.45) is 10.9. The van der Waals surface area contributed by atoms with E-state index in [2.05, 4.69) is 19.2 Å². The molecule has 2 nitrogen and oxygen atoms in total. The number of nitrogens with one attached hydrogen (secondary N) is 1. The smallest absolute Gasteiger partial charge is 0.0110 e. The highest BCUT2D eigenvalue weighted by atomic mass is 15.0. The molecule has 1 aliphatic rings. The van der Waals surface area contributed by atoms with Crippen molar-refractivity contribution < 1.29 is 0 Å². The SMILES string of the molecule is CCCCCCC(C)NC1CCCC1CN. The molecule has 0 amide bonds. The molecule has 0 aromatic carbocycles. The molecular weight excluding hydrogens is 196 g/mol. The van der Waals surface area contributed by atoms with Gasteiger partial charge in [0.15, 0.2) is 0 Å². The van der Waals surface area contributed by atoms with Gasteiger partial charge in [-0.25, -0.2) is 0 Å². The first-order valence-electron chi connectivity index (χ1n) is 7.24. The Balaban J connectivity index is 2.10. The van der Waals surface area contributed by atoms with Gasteiger partial charge in [-0.2, -0.15) is 0 Å². The Kier molecular flexibility index (Phi) is 7.06. The molecule has 0 spiro atoms. The highest BCUT2D eigenvalue weighted by Crippen LogP contribution is 2.25. The minimum absolute atomic E-state index is 0.675. The first-order valence-corrected chi connectivity index (χ1v) is 7.24. The van der Waals surface area contributed by atoms with Crippen LogP contribution in [0.15, 0.2) is 0 Å². The Morgan fingerprint density at radius 1 is 1.25 bits per heavy atom. The minimum Gasteiger partial charge on any atom is -0.330 e. The Bertz CT molecular complexity index is 170. The summed E-state index contributed by atoms with van der Waals surface area (Å²) < 4.78 is 0. The van der Waals surface area contributed by atoms with Gasteiger partial charge in [0, 0.05) is 12.1 Å². The first-order chi connectivity index (χ1) is 7.77. The fourth-order valence-electron chi connectivity index (χ4n) is 2.86. The van der Waals surface area contributed by atoms with Crippen molar-refractivity contribution in [3.8, 4) is 0 Å². The molecular formula is C14H30N2. The summed E-state index contributed by atoms with van der Waals surface area (Å²) in [7, 11) is 0. The van der Waals surface area contributed by atoms with Crippen LogP contribution in [0.1, 0.15) is 65.2 Å². The summed E-state index contributed by atoms with van der Waals surface area (Å²) in [5.41, 5.74) is 5.80. The number of unbranched alkanes of at least 4 members (excludes halogenated alkanes) is 3. The van der Waals surface area contributed by atoms with Crippen molar-refractivity contribution >= 4 is 0 Å². The van der Waals surface area contributed by atoms with Gasteiger partial charge in [-0.15, -0.1) is 0 Å². The van der Waals surface area contributed by atoms with Gasteiger partial charge in [-0.3, -0.25) is 0 Å². The lowest BCUT2D eigenvalue weighted by Crippen LogP contribution is -2.41. The normalized spacial score (nSPS) is 27.2. The standard InChI is InChI=1S/C14H30N2/c1-3-4-5-6-8-12(2)16-14-10-7-9-13(14)11-15/h12-14,16H,3-11,15H2,1-2H3. The summed E-state index contributed by atoms with van der Waals surface area (Å²) in [6, 6.07) is 1.38. The average molecular weight is 226 g/mol. The monoisotopic (exact) mass is 226 g/mol. The molecule has 0 saturated heterocycles. The zero-order valence-corrected chi connectivity index (χ0v) is 11.2. The average Bonchev–Trinajstić information content (AvgIpc) is 2.71. The van der Waals surface area contributed by atoms with E-state index in [0.29, 0.717) is 12.1 Å². The highest BCUT2D eigenvalue weighted by molar-refractivity contribution is 4.85. The molecule has 0 heterocycles. The van der Waals surface area contributed by atoms with Crippen molar-refractivity contribution in [1.82, 2.24) is 5.32 Å². The van der Waals surface area contributed by atoms with Crippen LogP contribution in [-0.4, -0.2) is 18.6 Å². The topological polar surface area (TPSA) is 38.0 Å². The third kappa shape index (κ3) is 4.84. The molecule has 0 aromatic heterocycles. The second-order valence-corrected chi connectivity index (χ2v) is 5.45. The van der Waals surface area contributed by atoms with Crippen LogP contribution in [-0.2, 0) is 0 Å². The van der Waals surface area contributed by atoms with Gasteiger partial charge in [-0.05, 0) is 38.6 Å². The second kappa shape index (κ2) is 8.08. The molecule has 16 heavy (non-hydrogen) atoms. The van der Waals surface area contributed by atoms with Crippen LogP contribution in [0.5, 0.6) is 0 Å². The lowest BCUT2D eigenvalue weighted by atomic mass is 10.0. The summed E-state index contributed by atoms with van der Waals surface area (Å²) in [5, 5.41) is 3.78. The molecule has 96 valence electrons. The van der Waals surface area contributed by atoms with E-state index in [0.717, 1.165) is 12.5 Å². The van der Waals surface area contributed by atoms with Crippen LogP contribution in [0.2, 0.25) is 0 Å². The van der Waals surface area contributed by atoms with E-state index in [-0.39, 0.29) is 0 Å². The van der Waals surface area contributed by atoms with Crippen LogP contribution < -0.4 is 11.1 Å². The molecule has 3 unspecified atom stereocenters. The van der Waals surface area contributed by atoms with E-state index in [9.17, 15) is 0 Å². The van der Waals surface area contributed by atoms with Crippen molar-refractivity contribution in [1.29, 1.82) is 0 Å². The lowest BCUT2D eigenvalue weighted by Gasteiger charge is -2.24. The fourth-order valence-corrected chi connectivity index (χ4v) is 2.86. The number of nitrogens with two attached hydrogens (primary N) is 1. The van der Waals surface area contributed by atoms with Gasteiger partial charge in [0.2, 0.25) is 0 Å². The molecule has 1 saturated carbocycles. The number of hydrogen-bond acceptors (Lipinski definition) is 2. The van der Waals surface area contributed by atoms with E-state index in [1.54, 1.807) is 0 Å². The molecule has 0 aliphatic heterocycles. The first kappa shape index (κ1) is 14.0. The maximum atomic E-state index is 5.80. The highest BCUT2D eigenvalue weighted by Gasteiger charge is 2.26. The molecule has 1 fully saturated rings. The van der Waals surface area contributed by atoms with Crippen molar-refractivity contribution in [3.05, 3.63) is 0 Å². The van der Waals surface area contributed by atoms with E-state index in [1.807, 2.05) is 0 Å². The molecule has 1 rings (SSSR count). The number of rotatable bonds is 8. The van der Waals surface area contributed by atoms with Gasteiger partial charge >= 0.3 is 0 Å². The van der Waals surface area contributed by atoms with Gasteiger partial charge in [0.1, 0.15) is 0 Å². The van der Waals surface area contributed by atoms with Gasteiger partial charge in [0.05, 0.1) is 0 Å². The zero-order chi connectivity index (χ0) is 11.8. The molecule has 2 heteroatoms. The summed E-state index contributed by atoms with van der Waals surface area (Å²) in [5.74, 6) is 0.734. The van der Waals surface area contributed by atoms with Crippen LogP contribution in [0.4, 0.5) is 0 Å². The van der Waals surface area contributed by atoms with E-state index in [4.69, 9.17) is 5.73 Å². The predicted molar refractivity (Wildman–Crippen MR) is 71.5 cm³/mol. The maximum absolute atomic E-state index is 5.80. The largest absolute Gasteiger partial charge is 0.330 e. The fraction of sp³-hybridized carbons (Fsp3) is 1.00. The second-order valence-electron chi connectivity index (χ2n) is 5.45. The molecule has 1 aliphatic carbocycles. The molecule has 0 bridgehead atoms. The Morgan fingerprint density at radius 2 is 2.06 bits per heavy atom. The Morgan fingerprint density at radius 3 is 2.75 bits per heavy atom. The minimum atomic E-state index is 0.675. The zero-order valence-electron chi connectivity index (χ0n) is 11.2. The lowest BCUT2D eigenvalue weighted by molar-refractivity contribution is 0.354. The van der Waals surface area contributed by atoms with E-state index < -0.39 is 0 Å². The third-order valence-electron chi connectivity index (χ3n) is 3.95. The van der Waals surface area contributed by atoms with Crippen LogP contribution in [0, 0.1) is 5.92 Å². The predicted octanol–water partition coefficient (Wildman–Crippen LogP) is 3.06. The molecule has 0 aromatic rings.